The second-order valence-corrected chi connectivity index (χ2v) is 4.64. The van der Waals surface area contributed by atoms with Gasteiger partial charge in [0.05, 0.1) is 0 Å². The van der Waals surface area contributed by atoms with E-state index in [0.29, 0.717) is 18.4 Å². The molecule has 1 fully saturated rings. The average Bonchev–Trinajstić information content (AvgIpc) is 2.76. The zero-order valence-corrected chi connectivity index (χ0v) is 10.2. The van der Waals surface area contributed by atoms with E-state index in [1.807, 2.05) is 0 Å². The molecule has 1 aromatic rings. The van der Waals surface area contributed by atoms with Gasteiger partial charge in [-0.05, 0) is 43.5 Å². The number of rotatable bonds is 3. The third kappa shape index (κ3) is 3.67. The van der Waals surface area contributed by atoms with Crippen LogP contribution in [-0.2, 0) is 0 Å². The Kier molecular flexibility index (Phi) is 3.99. The van der Waals surface area contributed by atoms with Crippen molar-refractivity contribution in [2.45, 2.75) is 31.3 Å². The third-order valence-electron chi connectivity index (χ3n) is 3.20. The molecule has 0 radical (unpaired) electrons. The van der Waals surface area contributed by atoms with Crippen LogP contribution < -0.4 is 10.6 Å². The Hall–Kier alpha value is -2.11. The minimum Gasteiger partial charge on any atom is -0.465 e. The van der Waals surface area contributed by atoms with Gasteiger partial charge in [0.1, 0.15) is 5.82 Å². The number of amides is 2. The zero-order valence-electron chi connectivity index (χ0n) is 10.2. The molecule has 0 heterocycles. The molecule has 0 saturated heterocycles. The number of hydrogen-bond acceptors (Lipinski definition) is 2. The fraction of sp³-hybridized carbons (Fsp3) is 0.385. The van der Waals surface area contributed by atoms with Crippen molar-refractivity contribution in [3.8, 4) is 0 Å². The summed E-state index contributed by atoms with van der Waals surface area (Å²) in [7, 11) is 0. The Bertz CT molecular complexity index is 475. The molecule has 0 aliphatic heterocycles. The highest BCUT2D eigenvalue weighted by atomic mass is 19.1. The van der Waals surface area contributed by atoms with Gasteiger partial charge in [0, 0.05) is 17.6 Å². The Morgan fingerprint density at radius 3 is 2.26 bits per heavy atom. The molecule has 2 amide bonds. The molecule has 2 unspecified atom stereocenters. The molecule has 19 heavy (non-hydrogen) atoms. The summed E-state index contributed by atoms with van der Waals surface area (Å²) in [6, 6.07) is 5.15. The van der Waals surface area contributed by atoms with E-state index in [9.17, 15) is 14.0 Å². The normalized spacial score (nSPS) is 21.9. The highest BCUT2D eigenvalue weighted by Gasteiger charge is 2.27. The smallest absolute Gasteiger partial charge is 0.404 e. The first kappa shape index (κ1) is 13.3. The summed E-state index contributed by atoms with van der Waals surface area (Å²) in [5.41, 5.74) is 0.399. The number of carbonyl (C=O) groups excluding carboxylic acids is 1. The number of carbonyl (C=O) groups is 2. The van der Waals surface area contributed by atoms with Gasteiger partial charge in [-0.3, -0.25) is 4.79 Å². The van der Waals surface area contributed by atoms with Crippen LogP contribution in [-0.4, -0.2) is 29.2 Å². The van der Waals surface area contributed by atoms with Crippen LogP contribution in [0.2, 0.25) is 0 Å². The van der Waals surface area contributed by atoms with Gasteiger partial charge in [-0.1, -0.05) is 0 Å². The first-order valence-corrected chi connectivity index (χ1v) is 6.10. The van der Waals surface area contributed by atoms with Gasteiger partial charge in [-0.2, -0.15) is 0 Å². The van der Waals surface area contributed by atoms with E-state index in [1.165, 1.54) is 24.3 Å². The van der Waals surface area contributed by atoms with Crippen LogP contribution in [0.3, 0.4) is 0 Å². The van der Waals surface area contributed by atoms with Crippen molar-refractivity contribution in [3.63, 3.8) is 0 Å². The van der Waals surface area contributed by atoms with Crippen molar-refractivity contribution in [1.29, 1.82) is 0 Å². The van der Waals surface area contributed by atoms with E-state index in [2.05, 4.69) is 10.6 Å². The lowest BCUT2D eigenvalue weighted by atomic mass is 10.1. The minimum atomic E-state index is -1.05. The SMILES string of the molecule is O=C(O)NC1CCC(NC(=O)c2ccc(F)cc2)C1. The van der Waals surface area contributed by atoms with Crippen molar-refractivity contribution >= 4 is 12.0 Å². The summed E-state index contributed by atoms with van der Waals surface area (Å²) < 4.78 is 12.7. The largest absolute Gasteiger partial charge is 0.465 e. The van der Waals surface area contributed by atoms with Gasteiger partial charge >= 0.3 is 6.09 Å². The first-order valence-electron chi connectivity index (χ1n) is 6.10. The second kappa shape index (κ2) is 5.69. The van der Waals surface area contributed by atoms with E-state index >= 15 is 0 Å². The maximum Gasteiger partial charge on any atom is 0.404 e. The quantitative estimate of drug-likeness (QED) is 0.779. The second-order valence-electron chi connectivity index (χ2n) is 4.64. The Morgan fingerprint density at radius 1 is 1.11 bits per heavy atom. The number of halogens is 1. The van der Waals surface area contributed by atoms with E-state index < -0.39 is 6.09 Å². The Morgan fingerprint density at radius 2 is 1.68 bits per heavy atom. The molecule has 0 spiro atoms. The molecule has 1 aromatic carbocycles. The lowest BCUT2D eigenvalue weighted by Crippen LogP contribution is -2.36. The van der Waals surface area contributed by atoms with Crippen molar-refractivity contribution in [1.82, 2.24) is 10.6 Å². The summed E-state index contributed by atoms with van der Waals surface area (Å²) in [4.78, 5) is 22.4. The number of carboxylic acid groups (broad SMARTS) is 1. The summed E-state index contributed by atoms with van der Waals surface area (Å²) in [5.74, 6) is -0.649. The molecule has 0 aromatic heterocycles. The van der Waals surface area contributed by atoms with E-state index in [0.717, 1.165) is 6.42 Å². The minimum absolute atomic E-state index is 0.0468. The first-order chi connectivity index (χ1) is 9.04. The summed E-state index contributed by atoms with van der Waals surface area (Å²) in [6.07, 6.45) is 0.980. The molecule has 6 heteroatoms. The highest BCUT2D eigenvalue weighted by Crippen LogP contribution is 2.19. The molecule has 0 bridgehead atoms. The Labute approximate surface area is 109 Å². The Balaban J connectivity index is 1.87. The molecule has 1 aliphatic carbocycles. The third-order valence-corrected chi connectivity index (χ3v) is 3.20. The van der Waals surface area contributed by atoms with Crippen LogP contribution >= 0.6 is 0 Å². The van der Waals surface area contributed by atoms with E-state index in [4.69, 9.17) is 5.11 Å². The van der Waals surface area contributed by atoms with Gasteiger partial charge in [-0.15, -0.1) is 0 Å². The average molecular weight is 266 g/mol. The molecule has 3 N–H and O–H groups in total. The van der Waals surface area contributed by atoms with Crippen LogP contribution in [0.5, 0.6) is 0 Å². The molecule has 2 atom stereocenters. The van der Waals surface area contributed by atoms with Crippen LogP contribution in [0, 0.1) is 5.82 Å². The lowest BCUT2D eigenvalue weighted by Gasteiger charge is -2.13. The molecular weight excluding hydrogens is 251 g/mol. The standard InChI is InChI=1S/C13H15FN2O3/c14-9-3-1-8(2-4-9)12(17)15-10-5-6-11(7-10)16-13(18)19/h1-4,10-11,16H,5-7H2,(H,15,17)(H,18,19). The summed E-state index contributed by atoms with van der Waals surface area (Å²) in [5, 5.41) is 13.8. The molecule has 5 nitrogen and oxygen atoms in total. The van der Waals surface area contributed by atoms with Crippen molar-refractivity contribution in [3.05, 3.63) is 35.6 Å². The summed E-state index contributed by atoms with van der Waals surface area (Å²) >= 11 is 0. The molecule has 102 valence electrons. The maximum absolute atomic E-state index is 12.7. The van der Waals surface area contributed by atoms with Gasteiger partial charge < -0.3 is 15.7 Å². The van der Waals surface area contributed by atoms with Crippen LogP contribution in [0.1, 0.15) is 29.6 Å². The van der Waals surface area contributed by atoms with Gasteiger partial charge in [-0.25, -0.2) is 9.18 Å². The van der Waals surface area contributed by atoms with Crippen LogP contribution in [0.25, 0.3) is 0 Å². The number of hydrogen-bond donors (Lipinski definition) is 3. The van der Waals surface area contributed by atoms with Gasteiger partial charge in [0.15, 0.2) is 0 Å². The number of nitrogens with one attached hydrogen (secondary N) is 2. The predicted octanol–water partition coefficient (Wildman–Crippen LogP) is 1.74. The predicted molar refractivity (Wildman–Crippen MR) is 66.5 cm³/mol. The molecular formula is C13H15FN2O3. The number of benzene rings is 1. The van der Waals surface area contributed by atoms with E-state index in [1.54, 1.807) is 0 Å². The van der Waals surface area contributed by atoms with Crippen LogP contribution in [0.15, 0.2) is 24.3 Å². The van der Waals surface area contributed by atoms with Crippen LogP contribution in [0.4, 0.5) is 9.18 Å². The van der Waals surface area contributed by atoms with Gasteiger partial charge in [0.2, 0.25) is 0 Å². The molecule has 1 saturated carbocycles. The van der Waals surface area contributed by atoms with Gasteiger partial charge in [0.25, 0.3) is 5.91 Å². The highest BCUT2D eigenvalue weighted by molar-refractivity contribution is 5.94. The molecule has 2 rings (SSSR count). The zero-order chi connectivity index (χ0) is 13.8. The fourth-order valence-corrected chi connectivity index (χ4v) is 2.29. The fourth-order valence-electron chi connectivity index (χ4n) is 2.29. The lowest BCUT2D eigenvalue weighted by molar-refractivity contribution is 0.0937. The molecule has 1 aliphatic rings. The van der Waals surface area contributed by atoms with Crippen molar-refractivity contribution in [2.75, 3.05) is 0 Å². The maximum atomic E-state index is 12.7. The topological polar surface area (TPSA) is 78.4 Å². The van der Waals surface area contributed by atoms with E-state index in [-0.39, 0.29) is 23.8 Å². The van der Waals surface area contributed by atoms with Crippen molar-refractivity contribution < 1.29 is 19.1 Å². The monoisotopic (exact) mass is 266 g/mol. The summed E-state index contributed by atoms with van der Waals surface area (Å²) in [6.45, 7) is 0. The van der Waals surface area contributed by atoms with Crippen molar-refractivity contribution in [2.24, 2.45) is 0 Å².